The molecule has 2 N–H and O–H groups in total. The van der Waals surface area contributed by atoms with Crippen LogP contribution in [0.25, 0.3) is 0 Å². The van der Waals surface area contributed by atoms with E-state index in [1.54, 1.807) is 0 Å². The minimum absolute atomic E-state index is 0. The Morgan fingerprint density at radius 2 is 1.23 bits per heavy atom. The maximum absolute atomic E-state index is 13.3. The van der Waals surface area contributed by atoms with Gasteiger partial charge in [-0.1, -0.05) is 12.1 Å². The Bertz CT molecular complexity index is 1490. The molecule has 0 heterocycles. The Balaban J connectivity index is 0.00000560. The van der Waals surface area contributed by atoms with Crippen LogP contribution >= 0.6 is 0 Å². The van der Waals surface area contributed by atoms with Gasteiger partial charge in [-0.05, 0) is 48.5 Å². The summed E-state index contributed by atoms with van der Waals surface area (Å²) in [6.45, 7) is 0. The molecule has 0 atom stereocenters. The number of rotatable bonds is 6. The molecule has 18 heteroatoms. The van der Waals surface area contributed by atoms with E-state index in [1.807, 2.05) is 0 Å². The third-order valence-corrected chi connectivity index (χ3v) is 6.40. The summed E-state index contributed by atoms with van der Waals surface area (Å²) >= 11 is 0. The monoisotopic (exact) mass is 613 g/mol. The molecule has 0 aliphatic rings. The van der Waals surface area contributed by atoms with Crippen LogP contribution < -0.4 is 9.21 Å². The number of hydrogen-bond acceptors (Lipinski definition) is 5. The van der Waals surface area contributed by atoms with Crippen molar-refractivity contribution in [2.24, 2.45) is 0 Å². The number of hydrogen-bond donors (Lipinski definition) is 2. The number of para-hydroxylation sites is 1. The molecule has 0 fully saturated rings. The summed E-state index contributed by atoms with van der Waals surface area (Å²) < 4.78 is 149. The first-order valence-electron chi connectivity index (χ1n) is 9.98. The second-order valence-corrected chi connectivity index (χ2v) is 9.34. The van der Waals surface area contributed by atoms with Crippen molar-refractivity contribution in [1.82, 2.24) is 0 Å². The zero-order chi connectivity index (χ0) is 29.6. The molecular formula is C22H13F9NNaO6S. The summed E-state index contributed by atoms with van der Waals surface area (Å²) in [4.78, 5) is 9.64. The third-order valence-electron chi connectivity index (χ3n) is 4.92. The Labute approximate surface area is 240 Å². The molecule has 0 saturated carbocycles. The predicted molar refractivity (Wildman–Crippen MR) is 120 cm³/mol. The fourth-order valence-corrected chi connectivity index (χ4v) is 4.24. The quantitative estimate of drug-likeness (QED) is 0.196. The van der Waals surface area contributed by atoms with E-state index in [0.717, 1.165) is 12.1 Å². The summed E-state index contributed by atoms with van der Waals surface area (Å²) in [6, 6.07) is 4.32. The average Bonchev–Trinajstić information content (AvgIpc) is 2.82. The number of alkyl halides is 9. The van der Waals surface area contributed by atoms with Crippen LogP contribution in [-0.4, -0.2) is 54.3 Å². The van der Waals surface area contributed by atoms with Crippen molar-refractivity contribution in [3.8, 4) is 11.5 Å². The van der Waals surface area contributed by atoms with Crippen LogP contribution in [0.2, 0.25) is 0 Å². The van der Waals surface area contributed by atoms with Gasteiger partial charge in [0.05, 0.1) is 21.6 Å². The molecule has 0 aliphatic heterocycles. The number of carboxylic acid groups (broad SMARTS) is 1. The maximum atomic E-state index is 13.3. The Hall–Kier alpha value is -2.99. The minimum atomic E-state index is -5.84. The molecule has 0 aliphatic carbocycles. The number of nitrogens with zero attached hydrogens (tertiary/aromatic N) is 1. The van der Waals surface area contributed by atoms with Crippen molar-refractivity contribution in [1.29, 1.82) is 0 Å². The van der Waals surface area contributed by atoms with Crippen LogP contribution in [0.3, 0.4) is 0 Å². The molecule has 0 spiro atoms. The van der Waals surface area contributed by atoms with Gasteiger partial charge in [-0.25, -0.2) is 4.79 Å². The normalized spacial score (nSPS) is 12.4. The molecule has 40 heavy (non-hydrogen) atoms. The Morgan fingerprint density at radius 3 is 1.70 bits per heavy atom. The summed E-state index contributed by atoms with van der Waals surface area (Å²) in [6.07, 6.45) is -16.1. The number of anilines is 1. The molecule has 7 nitrogen and oxygen atoms in total. The van der Waals surface area contributed by atoms with Crippen molar-refractivity contribution >= 4 is 51.2 Å². The van der Waals surface area contributed by atoms with Crippen LogP contribution in [0.4, 0.5) is 45.2 Å². The molecular weight excluding hydrogens is 600 g/mol. The van der Waals surface area contributed by atoms with Crippen LogP contribution in [0.1, 0.15) is 27.0 Å². The number of aromatic carboxylic acids is 1. The van der Waals surface area contributed by atoms with Gasteiger partial charge in [0.1, 0.15) is 17.0 Å². The van der Waals surface area contributed by atoms with Gasteiger partial charge < -0.3 is 9.84 Å². The van der Waals surface area contributed by atoms with Crippen molar-refractivity contribution < 1.29 is 67.8 Å². The van der Waals surface area contributed by atoms with E-state index in [4.69, 9.17) is 4.74 Å². The molecule has 0 saturated heterocycles. The zero-order valence-electron chi connectivity index (χ0n) is 18.6. The molecule has 3 aromatic rings. The molecule has 0 radical (unpaired) electrons. The van der Waals surface area contributed by atoms with Gasteiger partial charge >= 0.3 is 54.1 Å². The third kappa shape index (κ3) is 7.20. The SMILES string of the molecule is O=C(O)c1ccccc1Oc1ccc(C(F)(F)F)cc1N(O)S(=O)(=O)c1cc(C(F)(F)F)cc(C(F)(F)F)c1.[NaH]. The van der Waals surface area contributed by atoms with E-state index in [9.17, 15) is 63.0 Å². The molecule has 3 aromatic carbocycles. The van der Waals surface area contributed by atoms with Crippen molar-refractivity contribution in [3.63, 3.8) is 0 Å². The average molecular weight is 613 g/mol. The molecule has 0 unspecified atom stereocenters. The fourth-order valence-electron chi connectivity index (χ4n) is 3.08. The fraction of sp³-hybridized carbons (Fsp3) is 0.136. The van der Waals surface area contributed by atoms with Gasteiger partial charge in [0.15, 0.2) is 5.75 Å². The number of ether oxygens (including phenoxy) is 1. The molecule has 0 bridgehead atoms. The van der Waals surface area contributed by atoms with E-state index >= 15 is 0 Å². The van der Waals surface area contributed by atoms with E-state index < -0.39 is 89.4 Å². The van der Waals surface area contributed by atoms with Crippen molar-refractivity contribution in [2.45, 2.75) is 23.4 Å². The zero-order valence-corrected chi connectivity index (χ0v) is 19.4. The molecule has 3 rings (SSSR count). The van der Waals surface area contributed by atoms with Gasteiger partial charge in [0, 0.05) is 0 Å². The van der Waals surface area contributed by atoms with Gasteiger partial charge in [-0.2, -0.15) is 47.9 Å². The van der Waals surface area contributed by atoms with Gasteiger partial charge in [0.25, 0.3) is 10.0 Å². The van der Waals surface area contributed by atoms with Crippen LogP contribution in [0, 0.1) is 0 Å². The Kier molecular flexibility index (Phi) is 9.53. The second kappa shape index (κ2) is 11.5. The van der Waals surface area contributed by atoms with Crippen LogP contribution in [0.15, 0.2) is 65.6 Å². The van der Waals surface area contributed by atoms with Crippen molar-refractivity contribution in [2.75, 3.05) is 4.47 Å². The van der Waals surface area contributed by atoms with E-state index in [2.05, 4.69) is 0 Å². The summed E-state index contributed by atoms with van der Waals surface area (Å²) in [7, 11) is -5.84. The van der Waals surface area contributed by atoms with Crippen LogP contribution in [-0.2, 0) is 28.6 Å². The van der Waals surface area contributed by atoms with E-state index in [-0.39, 0.29) is 47.8 Å². The van der Waals surface area contributed by atoms with Crippen molar-refractivity contribution in [3.05, 3.63) is 82.9 Å². The number of carboxylic acids is 1. The van der Waals surface area contributed by atoms with E-state index in [0.29, 0.717) is 12.1 Å². The summed E-state index contributed by atoms with van der Waals surface area (Å²) in [5.41, 5.74) is -7.74. The number of sulfonamides is 1. The number of carbonyl (C=O) groups is 1. The number of halogens is 9. The first kappa shape index (κ1) is 33.2. The summed E-state index contributed by atoms with van der Waals surface area (Å²) in [5.74, 6) is -3.10. The Morgan fingerprint density at radius 1 is 0.725 bits per heavy atom. The first-order chi connectivity index (χ1) is 17.7. The van der Waals surface area contributed by atoms with Gasteiger partial charge in [-0.3, -0.25) is 5.21 Å². The van der Waals surface area contributed by atoms with E-state index in [1.165, 1.54) is 12.1 Å². The topological polar surface area (TPSA) is 104 Å². The first-order valence-corrected chi connectivity index (χ1v) is 11.4. The summed E-state index contributed by atoms with van der Waals surface area (Å²) in [5, 5.41) is 19.7. The van der Waals surface area contributed by atoms with Crippen LogP contribution in [0.5, 0.6) is 11.5 Å². The number of benzene rings is 3. The predicted octanol–water partition coefficient (Wildman–Crippen LogP) is 6.17. The second-order valence-electron chi connectivity index (χ2n) is 7.57. The molecule has 212 valence electrons. The molecule has 0 amide bonds. The van der Waals surface area contributed by atoms with Gasteiger partial charge in [-0.15, -0.1) is 4.47 Å². The van der Waals surface area contributed by atoms with Gasteiger partial charge in [0.2, 0.25) is 0 Å². The standard InChI is InChI=1S/C22H12F9NO6S.Na.H/c23-20(24,25)11-5-6-18(38-17-4-2-1-3-15(17)19(33)34)16(10-11)32(35)39(36,37)14-8-12(21(26,27)28)7-13(9-14)22(29,30)31;;/h1-10,35H,(H,33,34);;. The molecule has 0 aromatic heterocycles.